The maximum Gasteiger partial charge on any atom is 0.307 e. The topological polar surface area (TPSA) is 89.5 Å². The number of carbonyl (C=O) groups excluding carboxylic acids is 4. The monoisotopic (exact) mass is 381 g/mol. The molecule has 0 aliphatic heterocycles. The maximum atomic E-state index is 12.3. The number of carbonyl (C=O) groups is 4. The van der Waals surface area contributed by atoms with E-state index in [1.807, 2.05) is 19.1 Å². The maximum absolute atomic E-state index is 12.3. The summed E-state index contributed by atoms with van der Waals surface area (Å²) in [5.41, 5.74) is 2.58. The number of ketones is 2. The van der Waals surface area contributed by atoms with Crippen LogP contribution in [0.15, 0.2) is 48.5 Å². The molecule has 2 rings (SSSR count). The number of amides is 1. The van der Waals surface area contributed by atoms with E-state index >= 15 is 0 Å². The lowest BCUT2D eigenvalue weighted by Crippen LogP contribution is -2.25. The molecule has 0 unspecified atom stereocenters. The number of rotatable bonds is 8. The fourth-order valence-electron chi connectivity index (χ4n) is 2.49. The zero-order valence-electron chi connectivity index (χ0n) is 16.2. The number of Topliss-reactive ketones (excluding diaryl/α,β-unsaturated/α-hetero) is 2. The molecule has 2 aromatic carbocycles. The third kappa shape index (κ3) is 6.16. The second-order valence-corrected chi connectivity index (χ2v) is 6.54. The van der Waals surface area contributed by atoms with Crippen LogP contribution in [0, 0.1) is 6.92 Å². The van der Waals surface area contributed by atoms with E-state index in [-0.39, 0.29) is 30.3 Å². The lowest BCUT2D eigenvalue weighted by molar-refractivity contribution is -0.147. The average Bonchev–Trinajstić information content (AvgIpc) is 2.67. The van der Waals surface area contributed by atoms with Crippen molar-refractivity contribution in [3.8, 4) is 0 Å². The van der Waals surface area contributed by atoms with E-state index in [4.69, 9.17) is 4.74 Å². The first-order valence-corrected chi connectivity index (χ1v) is 8.97. The number of nitrogens with one attached hydrogen (secondary N) is 1. The van der Waals surface area contributed by atoms with Gasteiger partial charge < -0.3 is 10.1 Å². The molecule has 0 fully saturated rings. The fraction of sp³-hybridized carbons (Fsp3) is 0.273. The van der Waals surface area contributed by atoms with Gasteiger partial charge in [-0.3, -0.25) is 19.2 Å². The van der Waals surface area contributed by atoms with Crippen LogP contribution in [0.2, 0.25) is 0 Å². The summed E-state index contributed by atoms with van der Waals surface area (Å²) in [5.74, 6) is -1.32. The van der Waals surface area contributed by atoms with Crippen molar-refractivity contribution in [1.82, 2.24) is 0 Å². The molecule has 1 atom stereocenters. The van der Waals surface area contributed by atoms with Crippen LogP contribution in [0.4, 0.5) is 5.69 Å². The SMILES string of the molecule is CC(=O)c1ccc(NC(=O)CCC(=O)O[C@H](C)C(=O)c2ccc(C)cc2)cc1. The molecule has 0 heterocycles. The van der Waals surface area contributed by atoms with Crippen molar-refractivity contribution >= 4 is 29.1 Å². The van der Waals surface area contributed by atoms with E-state index in [0.29, 0.717) is 16.8 Å². The Bertz CT molecular complexity index is 869. The van der Waals surface area contributed by atoms with Crippen molar-refractivity contribution in [3.05, 3.63) is 65.2 Å². The molecule has 0 radical (unpaired) electrons. The molecule has 0 aromatic heterocycles. The van der Waals surface area contributed by atoms with Gasteiger partial charge in [0.15, 0.2) is 11.9 Å². The number of benzene rings is 2. The molecule has 0 bridgehead atoms. The number of esters is 1. The van der Waals surface area contributed by atoms with Crippen molar-refractivity contribution in [1.29, 1.82) is 0 Å². The van der Waals surface area contributed by atoms with Crippen LogP contribution in [-0.2, 0) is 14.3 Å². The minimum absolute atomic E-state index is 0.0603. The molecule has 0 aliphatic carbocycles. The van der Waals surface area contributed by atoms with Crippen LogP contribution in [0.25, 0.3) is 0 Å². The summed E-state index contributed by atoms with van der Waals surface area (Å²) in [6, 6.07) is 13.5. The highest BCUT2D eigenvalue weighted by atomic mass is 16.5. The van der Waals surface area contributed by atoms with Gasteiger partial charge in [0.1, 0.15) is 0 Å². The summed E-state index contributed by atoms with van der Waals surface area (Å²) >= 11 is 0. The highest BCUT2D eigenvalue weighted by Gasteiger charge is 2.20. The van der Waals surface area contributed by atoms with E-state index in [1.165, 1.54) is 13.8 Å². The number of aryl methyl sites for hydroxylation is 1. The van der Waals surface area contributed by atoms with Gasteiger partial charge in [-0.25, -0.2) is 0 Å². The fourth-order valence-corrected chi connectivity index (χ4v) is 2.49. The number of anilines is 1. The standard InChI is InChI=1S/C22H23NO5/c1-14-4-6-18(7-5-14)22(27)16(3)28-21(26)13-12-20(25)23-19-10-8-17(9-11-19)15(2)24/h4-11,16H,12-13H2,1-3H3,(H,23,25)/t16-/m1/s1. The number of ether oxygens (including phenoxy) is 1. The summed E-state index contributed by atoms with van der Waals surface area (Å²) in [6.07, 6.45) is -1.13. The Kier molecular flexibility index (Phi) is 7.21. The Balaban J connectivity index is 1.79. The molecular weight excluding hydrogens is 358 g/mol. The van der Waals surface area contributed by atoms with Crippen molar-refractivity contribution < 1.29 is 23.9 Å². The van der Waals surface area contributed by atoms with Gasteiger partial charge in [-0.1, -0.05) is 29.8 Å². The first-order chi connectivity index (χ1) is 13.3. The zero-order chi connectivity index (χ0) is 20.7. The highest BCUT2D eigenvalue weighted by molar-refractivity contribution is 6.00. The van der Waals surface area contributed by atoms with Gasteiger partial charge in [-0.05, 0) is 45.0 Å². The summed E-state index contributed by atoms with van der Waals surface area (Å²) in [6.45, 7) is 4.89. The van der Waals surface area contributed by atoms with E-state index in [0.717, 1.165) is 5.56 Å². The Labute approximate surface area is 163 Å². The molecule has 0 aliphatic rings. The van der Waals surface area contributed by atoms with Crippen LogP contribution in [0.3, 0.4) is 0 Å². The van der Waals surface area contributed by atoms with E-state index in [9.17, 15) is 19.2 Å². The molecule has 0 saturated carbocycles. The van der Waals surface area contributed by atoms with Gasteiger partial charge >= 0.3 is 5.97 Å². The summed E-state index contributed by atoms with van der Waals surface area (Å²) in [4.78, 5) is 47.4. The van der Waals surface area contributed by atoms with Gasteiger partial charge in [-0.15, -0.1) is 0 Å². The number of hydrogen-bond donors (Lipinski definition) is 1. The van der Waals surface area contributed by atoms with Crippen molar-refractivity contribution in [2.45, 2.75) is 39.7 Å². The molecular formula is C22H23NO5. The molecule has 146 valence electrons. The van der Waals surface area contributed by atoms with Gasteiger partial charge in [0, 0.05) is 23.2 Å². The minimum Gasteiger partial charge on any atom is -0.454 e. The van der Waals surface area contributed by atoms with Gasteiger partial charge in [0.25, 0.3) is 0 Å². The van der Waals surface area contributed by atoms with Gasteiger partial charge in [0.2, 0.25) is 11.7 Å². The summed E-state index contributed by atoms with van der Waals surface area (Å²) in [5, 5.41) is 2.65. The molecule has 6 heteroatoms. The smallest absolute Gasteiger partial charge is 0.307 e. The Hall–Kier alpha value is -3.28. The van der Waals surface area contributed by atoms with E-state index in [2.05, 4.69) is 5.32 Å². The molecule has 0 spiro atoms. The summed E-state index contributed by atoms with van der Waals surface area (Å²) < 4.78 is 5.13. The Morgan fingerprint density at radius 1 is 0.893 bits per heavy atom. The van der Waals surface area contributed by atoms with Gasteiger partial charge in [-0.2, -0.15) is 0 Å². The first-order valence-electron chi connectivity index (χ1n) is 8.97. The molecule has 28 heavy (non-hydrogen) atoms. The predicted octanol–water partition coefficient (Wildman–Crippen LogP) is 3.73. The first kappa shape index (κ1) is 21.0. The Morgan fingerprint density at radius 3 is 2.04 bits per heavy atom. The van der Waals surface area contributed by atoms with E-state index < -0.39 is 12.1 Å². The normalized spacial score (nSPS) is 11.4. The zero-order valence-corrected chi connectivity index (χ0v) is 16.2. The summed E-state index contributed by atoms with van der Waals surface area (Å²) in [7, 11) is 0. The van der Waals surface area contributed by atoms with Gasteiger partial charge in [0.05, 0.1) is 6.42 Å². The minimum atomic E-state index is -0.919. The van der Waals surface area contributed by atoms with Crippen molar-refractivity contribution in [2.75, 3.05) is 5.32 Å². The van der Waals surface area contributed by atoms with Crippen LogP contribution in [0.5, 0.6) is 0 Å². The quantitative estimate of drug-likeness (QED) is 0.556. The van der Waals surface area contributed by atoms with Crippen molar-refractivity contribution in [2.24, 2.45) is 0 Å². The molecule has 2 aromatic rings. The number of hydrogen-bond acceptors (Lipinski definition) is 5. The second kappa shape index (κ2) is 9.60. The molecule has 0 saturated heterocycles. The van der Waals surface area contributed by atoms with Crippen LogP contribution in [0.1, 0.15) is 53.0 Å². The van der Waals surface area contributed by atoms with E-state index in [1.54, 1.807) is 36.4 Å². The lowest BCUT2D eigenvalue weighted by Gasteiger charge is -2.12. The van der Waals surface area contributed by atoms with Crippen LogP contribution in [-0.4, -0.2) is 29.5 Å². The highest BCUT2D eigenvalue weighted by Crippen LogP contribution is 2.12. The molecule has 6 nitrogen and oxygen atoms in total. The third-order valence-corrected chi connectivity index (χ3v) is 4.14. The molecule has 1 amide bonds. The average molecular weight is 381 g/mol. The Morgan fingerprint density at radius 2 is 1.46 bits per heavy atom. The largest absolute Gasteiger partial charge is 0.454 e. The second-order valence-electron chi connectivity index (χ2n) is 6.54. The molecule has 1 N–H and O–H groups in total. The third-order valence-electron chi connectivity index (χ3n) is 4.14. The predicted molar refractivity (Wildman–Crippen MR) is 105 cm³/mol. The van der Waals surface area contributed by atoms with Crippen LogP contribution < -0.4 is 5.32 Å². The van der Waals surface area contributed by atoms with Crippen molar-refractivity contribution in [3.63, 3.8) is 0 Å². The lowest BCUT2D eigenvalue weighted by atomic mass is 10.1. The van der Waals surface area contributed by atoms with Crippen LogP contribution >= 0.6 is 0 Å².